The Morgan fingerprint density at radius 2 is 1.88 bits per heavy atom. The SMILES string of the molecule is CCOC(=O)c1cnc(-c2ccc([N+](=O)[O-])cc2)c2c1CCCC2. The molecule has 1 aromatic carbocycles. The van der Waals surface area contributed by atoms with Crippen molar-refractivity contribution < 1.29 is 14.5 Å². The Balaban J connectivity index is 2.06. The molecule has 2 aromatic rings. The summed E-state index contributed by atoms with van der Waals surface area (Å²) in [5.41, 5.74) is 4.28. The number of ether oxygens (including phenoxy) is 1. The molecule has 6 nitrogen and oxygen atoms in total. The van der Waals surface area contributed by atoms with Gasteiger partial charge in [0.15, 0.2) is 0 Å². The highest BCUT2D eigenvalue weighted by Crippen LogP contribution is 2.33. The van der Waals surface area contributed by atoms with Gasteiger partial charge in [-0.25, -0.2) is 4.79 Å². The molecule has 24 heavy (non-hydrogen) atoms. The van der Waals surface area contributed by atoms with Gasteiger partial charge in [-0.05, 0) is 55.9 Å². The predicted octanol–water partition coefficient (Wildman–Crippen LogP) is 3.71. The summed E-state index contributed by atoms with van der Waals surface area (Å²) in [4.78, 5) is 27.0. The fourth-order valence-electron chi connectivity index (χ4n) is 3.12. The van der Waals surface area contributed by atoms with E-state index in [9.17, 15) is 14.9 Å². The summed E-state index contributed by atoms with van der Waals surface area (Å²) in [6.07, 6.45) is 5.32. The fourth-order valence-corrected chi connectivity index (χ4v) is 3.12. The Kier molecular flexibility index (Phi) is 4.55. The maximum Gasteiger partial charge on any atom is 0.339 e. The highest BCUT2D eigenvalue weighted by atomic mass is 16.6. The van der Waals surface area contributed by atoms with Gasteiger partial charge in [0.05, 0.1) is 22.8 Å². The zero-order valence-corrected chi connectivity index (χ0v) is 13.4. The largest absolute Gasteiger partial charge is 0.462 e. The molecule has 1 heterocycles. The van der Waals surface area contributed by atoms with Crippen LogP contribution >= 0.6 is 0 Å². The van der Waals surface area contributed by atoms with Gasteiger partial charge in [-0.15, -0.1) is 0 Å². The number of non-ortho nitro benzene ring substituents is 1. The number of carbonyl (C=O) groups excluding carboxylic acids is 1. The number of nitrogens with zero attached hydrogens (tertiary/aromatic N) is 2. The van der Waals surface area contributed by atoms with Crippen molar-refractivity contribution in [1.82, 2.24) is 4.98 Å². The number of carbonyl (C=O) groups is 1. The molecule has 6 heteroatoms. The number of benzene rings is 1. The summed E-state index contributed by atoms with van der Waals surface area (Å²) in [5, 5.41) is 10.8. The van der Waals surface area contributed by atoms with Crippen molar-refractivity contribution >= 4 is 11.7 Å². The number of nitro benzene ring substituents is 1. The standard InChI is InChI=1S/C18H18N2O4/c1-2-24-18(21)16-11-19-17(15-6-4-3-5-14(15)16)12-7-9-13(10-8-12)20(22)23/h7-11H,2-6H2,1H3. The maximum atomic E-state index is 12.1. The summed E-state index contributed by atoms with van der Waals surface area (Å²) in [5.74, 6) is -0.335. The number of fused-ring (bicyclic) bond motifs is 1. The first-order valence-electron chi connectivity index (χ1n) is 8.04. The molecular formula is C18H18N2O4. The number of esters is 1. The molecule has 0 saturated carbocycles. The minimum absolute atomic E-state index is 0.0516. The molecule has 0 spiro atoms. The summed E-state index contributed by atoms with van der Waals surface area (Å²) in [7, 11) is 0. The molecule has 1 aliphatic carbocycles. The molecule has 0 radical (unpaired) electrons. The van der Waals surface area contributed by atoms with E-state index in [-0.39, 0.29) is 11.7 Å². The van der Waals surface area contributed by atoms with E-state index in [1.165, 1.54) is 12.1 Å². The van der Waals surface area contributed by atoms with E-state index in [0.717, 1.165) is 48.1 Å². The van der Waals surface area contributed by atoms with Gasteiger partial charge >= 0.3 is 5.97 Å². The summed E-state index contributed by atoms with van der Waals surface area (Å²) in [6, 6.07) is 6.37. The van der Waals surface area contributed by atoms with Crippen molar-refractivity contribution in [2.75, 3.05) is 6.61 Å². The van der Waals surface area contributed by atoms with Gasteiger partial charge in [0, 0.05) is 23.9 Å². The lowest BCUT2D eigenvalue weighted by Gasteiger charge is -2.21. The fraction of sp³-hybridized carbons (Fsp3) is 0.333. The van der Waals surface area contributed by atoms with Gasteiger partial charge in [0.1, 0.15) is 0 Å². The Hall–Kier alpha value is -2.76. The zero-order chi connectivity index (χ0) is 17.1. The number of hydrogen-bond acceptors (Lipinski definition) is 5. The number of hydrogen-bond donors (Lipinski definition) is 0. The molecule has 0 aliphatic heterocycles. The maximum absolute atomic E-state index is 12.1. The monoisotopic (exact) mass is 326 g/mol. The number of aromatic nitrogens is 1. The summed E-state index contributed by atoms with van der Waals surface area (Å²) >= 11 is 0. The zero-order valence-electron chi connectivity index (χ0n) is 13.4. The van der Waals surface area contributed by atoms with Gasteiger partial charge in [-0.1, -0.05) is 0 Å². The second-order valence-electron chi connectivity index (χ2n) is 5.71. The van der Waals surface area contributed by atoms with Crippen LogP contribution in [-0.4, -0.2) is 22.5 Å². The topological polar surface area (TPSA) is 82.3 Å². The normalized spacial score (nSPS) is 13.2. The van der Waals surface area contributed by atoms with Crippen LogP contribution in [0, 0.1) is 10.1 Å². The van der Waals surface area contributed by atoms with E-state index in [1.54, 1.807) is 25.3 Å². The van der Waals surface area contributed by atoms with Crippen LogP contribution in [0.2, 0.25) is 0 Å². The number of rotatable bonds is 4. The predicted molar refractivity (Wildman–Crippen MR) is 88.9 cm³/mol. The molecule has 0 N–H and O–H groups in total. The molecular weight excluding hydrogens is 308 g/mol. The van der Waals surface area contributed by atoms with Gasteiger partial charge in [-0.3, -0.25) is 15.1 Å². The van der Waals surface area contributed by atoms with E-state index in [2.05, 4.69) is 4.98 Å². The molecule has 0 amide bonds. The van der Waals surface area contributed by atoms with Gasteiger partial charge in [0.2, 0.25) is 0 Å². The Labute approximate surface area is 139 Å². The molecule has 0 saturated heterocycles. The van der Waals surface area contributed by atoms with Crippen molar-refractivity contribution in [1.29, 1.82) is 0 Å². The third kappa shape index (κ3) is 2.99. The van der Waals surface area contributed by atoms with Crippen molar-refractivity contribution in [2.24, 2.45) is 0 Å². The van der Waals surface area contributed by atoms with Crippen molar-refractivity contribution in [2.45, 2.75) is 32.6 Å². The van der Waals surface area contributed by atoms with Crippen LogP contribution in [0.1, 0.15) is 41.3 Å². The highest BCUT2D eigenvalue weighted by molar-refractivity contribution is 5.92. The highest BCUT2D eigenvalue weighted by Gasteiger charge is 2.23. The Bertz CT molecular complexity index is 784. The van der Waals surface area contributed by atoms with Gasteiger partial charge < -0.3 is 4.74 Å². The van der Waals surface area contributed by atoms with E-state index in [0.29, 0.717) is 12.2 Å². The van der Waals surface area contributed by atoms with Crippen LogP contribution in [0.5, 0.6) is 0 Å². The number of pyridine rings is 1. The van der Waals surface area contributed by atoms with Crippen LogP contribution in [0.15, 0.2) is 30.5 Å². The molecule has 1 aromatic heterocycles. The minimum Gasteiger partial charge on any atom is -0.462 e. The van der Waals surface area contributed by atoms with Gasteiger partial charge in [0.25, 0.3) is 5.69 Å². The first-order chi connectivity index (χ1) is 11.6. The summed E-state index contributed by atoms with van der Waals surface area (Å²) < 4.78 is 5.13. The summed E-state index contributed by atoms with van der Waals surface area (Å²) in [6.45, 7) is 2.11. The lowest BCUT2D eigenvalue weighted by atomic mass is 9.86. The third-order valence-electron chi connectivity index (χ3n) is 4.25. The van der Waals surface area contributed by atoms with Crippen molar-refractivity contribution in [3.05, 3.63) is 57.3 Å². The Morgan fingerprint density at radius 3 is 2.50 bits per heavy atom. The first-order valence-corrected chi connectivity index (χ1v) is 8.04. The van der Waals surface area contributed by atoms with E-state index in [1.807, 2.05) is 0 Å². The van der Waals surface area contributed by atoms with Crippen molar-refractivity contribution in [3.63, 3.8) is 0 Å². The minimum atomic E-state index is -0.420. The van der Waals surface area contributed by atoms with Crippen LogP contribution in [0.3, 0.4) is 0 Å². The average Bonchev–Trinajstić information content (AvgIpc) is 2.61. The smallest absolute Gasteiger partial charge is 0.339 e. The first kappa shape index (κ1) is 16.1. The molecule has 0 fully saturated rings. The quantitative estimate of drug-likeness (QED) is 0.486. The van der Waals surface area contributed by atoms with Crippen LogP contribution in [-0.2, 0) is 17.6 Å². The van der Waals surface area contributed by atoms with E-state index >= 15 is 0 Å². The molecule has 0 bridgehead atoms. The number of nitro groups is 1. The van der Waals surface area contributed by atoms with Crippen LogP contribution in [0.4, 0.5) is 5.69 Å². The second-order valence-corrected chi connectivity index (χ2v) is 5.71. The second kappa shape index (κ2) is 6.78. The Morgan fingerprint density at radius 1 is 1.21 bits per heavy atom. The molecule has 124 valence electrons. The third-order valence-corrected chi connectivity index (χ3v) is 4.25. The molecule has 1 aliphatic rings. The van der Waals surface area contributed by atoms with Crippen molar-refractivity contribution in [3.8, 4) is 11.3 Å². The van der Waals surface area contributed by atoms with E-state index in [4.69, 9.17) is 4.74 Å². The van der Waals surface area contributed by atoms with Gasteiger partial charge in [-0.2, -0.15) is 0 Å². The van der Waals surface area contributed by atoms with Crippen LogP contribution in [0.25, 0.3) is 11.3 Å². The van der Waals surface area contributed by atoms with E-state index < -0.39 is 4.92 Å². The molecule has 3 rings (SSSR count). The lowest BCUT2D eigenvalue weighted by Crippen LogP contribution is -2.15. The van der Waals surface area contributed by atoms with Crippen LogP contribution < -0.4 is 0 Å². The lowest BCUT2D eigenvalue weighted by molar-refractivity contribution is -0.384. The molecule has 0 atom stereocenters. The average molecular weight is 326 g/mol. The molecule has 0 unspecified atom stereocenters.